The van der Waals surface area contributed by atoms with Crippen LogP contribution in [0.3, 0.4) is 0 Å². The molecule has 6 aromatic carbocycles. The number of β-amino-alcohol motifs (C(OH)–C–C–N with tert-alkyl or cyclic N) is 2. The van der Waals surface area contributed by atoms with Crippen molar-refractivity contribution in [1.82, 2.24) is 0 Å². The Bertz CT molecular complexity index is 2880. The van der Waals surface area contributed by atoms with E-state index in [4.69, 9.17) is 0 Å². The van der Waals surface area contributed by atoms with Gasteiger partial charge in [-0.1, -0.05) is 72.8 Å². The molecule has 76 heavy (non-hydrogen) atoms. The Morgan fingerprint density at radius 3 is 1.20 bits per heavy atom. The highest BCUT2D eigenvalue weighted by Crippen LogP contribution is 2.46. The van der Waals surface area contributed by atoms with Gasteiger partial charge in [-0.3, -0.25) is 0 Å². The lowest BCUT2D eigenvalue weighted by Crippen LogP contribution is -2.44. The van der Waals surface area contributed by atoms with Crippen LogP contribution in [0.4, 0.5) is 72.8 Å². The monoisotopic (exact) mass is 1080 g/mol. The van der Waals surface area contributed by atoms with E-state index in [9.17, 15) is 82.2 Å². The minimum Gasteiger partial charge on any atom is -0.428 e. The van der Waals surface area contributed by atoms with Crippen molar-refractivity contribution in [3.63, 3.8) is 0 Å². The molecule has 0 radical (unpaired) electrons. The van der Waals surface area contributed by atoms with Crippen molar-refractivity contribution in [3.05, 3.63) is 167 Å². The number of anilines is 2. The topological polar surface area (TPSA) is 113 Å². The van der Waals surface area contributed by atoms with Gasteiger partial charge < -0.3 is 29.5 Å². The predicted molar refractivity (Wildman–Crippen MR) is 250 cm³/mol. The zero-order valence-corrected chi connectivity index (χ0v) is 39.2. The van der Waals surface area contributed by atoms with E-state index < -0.39 is 86.3 Å². The van der Waals surface area contributed by atoms with Crippen molar-refractivity contribution >= 4 is 11.4 Å². The number of nitriles is 2. The normalized spacial score (nSPS) is 16.6. The number of fused-ring (bicyclic) bond motifs is 2. The minimum absolute atomic E-state index is 0.223. The van der Waals surface area contributed by atoms with Gasteiger partial charge >= 0.3 is 37.4 Å². The quantitative estimate of drug-likeness (QED) is 0.104. The highest BCUT2D eigenvalue weighted by Gasteiger charge is 2.47. The molecule has 2 heterocycles. The van der Waals surface area contributed by atoms with Crippen LogP contribution in [0.5, 0.6) is 11.5 Å². The van der Waals surface area contributed by atoms with Crippen molar-refractivity contribution in [2.75, 3.05) is 22.9 Å². The van der Waals surface area contributed by atoms with Gasteiger partial charge in [0.1, 0.15) is 11.5 Å². The summed E-state index contributed by atoms with van der Waals surface area (Å²) in [4.78, 5) is 2.66. The second kappa shape index (κ2) is 22.7. The van der Waals surface area contributed by atoms with Gasteiger partial charge in [0.2, 0.25) is 0 Å². The maximum Gasteiger partial charge on any atom is 0.461 e. The van der Waals surface area contributed by atoms with Crippen molar-refractivity contribution < 1.29 is 81.2 Å². The molecule has 0 aliphatic carbocycles. The molecule has 2 aliphatic heterocycles. The zero-order valence-electron chi connectivity index (χ0n) is 39.2. The first-order valence-electron chi connectivity index (χ1n) is 23.0. The van der Waals surface area contributed by atoms with E-state index in [1.165, 1.54) is 34.1 Å². The van der Waals surface area contributed by atoms with E-state index in [2.05, 4.69) is 9.47 Å². The fraction of sp³-hybridized carbons (Fsp3) is 0.296. The number of aliphatic hydroxyl groups excluding tert-OH is 2. The Kier molecular flexibility index (Phi) is 16.8. The Labute approximate surface area is 425 Å². The number of halogens is 14. The summed E-state index contributed by atoms with van der Waals surface area (Å²) in [7, 11) is 0. The second-order valence-corrected chi connectivity index (χ2v) is 17.6. The first-order valence-corrected chi connectivity index (χ1v) is 23.0. The van der Waals surface area contributed by atoms with Gasteiger partial charge in [0, 0.05) is 11.4 Å². The van der Waals surface area contributed by atoms with Gasteiger partial charge in [-0.05, 0) is 131 Å². The van der Waals surface area contributed by atoms with Crippen molar-refractivity contribution in [2.24, 2.45) is 0 Å². The first kappa shape index (κ1) is 56.2. The van der Waals surface area contributed by atoms with Crippen LogP contribution in [0.2, 0.25) is 0 Å². The lowest BCUT2D eigenvalue weighted by molar-refractivity contribution is -0.253. The lowest BCUT2D eigenvalue weighted by atomic mass is 9.86. The van der Waals surface area contributed by atoms with Gasteiger partial charge in [-0.25, -0.2) is 0 Å². The predicted octanol–water partition coefficient (Wildman–Crippen LogP) is 13.8. The Hall–Kier alpha value is -7.56. The van der Waals surface area contributed by atoms with Crippen LogP contribution in [-0.2, 0) is 12.8 Å². The van der Waals surface area contributed by atoms with Crippen LogP contribution in [0, 0.1) is 22.7 Å². The maximum absolute atomic E-state index is 13.5. The van der Waals surface area contributed by atoms with Gasteiger partial charge in [-0.2, -0.15) is 72.0 Å². The molecule has 22 heteroatoms. The third kappa shape index (κ3) is 12.9. The van der Waals surface area contributed by atoms with Crippen LogP contribution < -0.4 is 19.3 Å². The van der Waals surface area contributed by atoms with Gasteiger partial charge in [0.15, 0.2) is 12.2 Å². The number of aliphatic hydroxyl groups is 2. The summed E-state index contributed by atoms with van der Waals surface area (Å²) in [5, 5.41) is 38.4. The van der Waals surface area contributed by atoms with E-state index in [1.807, 2.05) is 12.1 Å². The highest BCUT2D eigenvalue weighted by molar-refractivity contribution is 5.78. The van der Waals surface area contributed by atoms with E-state index >= 15 is 0 Å². The number of alkyl halides is 14. The summed E-state index contributed by atoms with van der Waals surface area (Å²) in [6.07, 6.45) is -31.8. The Morgan fingerprint density at radius 1 is 0.500 bits per heavy atom. The third-order valence-electron chi connectivity index (χ3n) is 12.6. The summed E-state index contributed by atoms with van der Waals surface area (Å²) in [6.45, 7) is -1.72. The summed E-state index contributed by atoms with van der Waals surface area (Å²) in [5.74, 6) is -1.14. The molecule has 0 saturated carbocycles. The van der Waals surface area contributed by atoms with Gasteiger partial charge in [0.05, 0.1) is 48.4 Å². The van der Waals surface area contributed by atoms with Crippen molar-refractivity contribution in [3.8, 4) is 45.9 Å². The average molecular weight is 1080 g/mol. The molecule has 6 aromatic rings. The molecule has 0 aromatic heterocycles. The zero-order chi connectivity index (χ0) is 55.3. The summed E-state index contributed by atoms with van der Waals surface area (Å²) in [5.41, 5.74) is 6.19. The summed E-state index contributed by atoms with van der Waals surface area (Å²) >= 11 is 0. The molecule has 2 N–H and O–H groups in total. The van der Waals surface area contributed by atoms with E-state index in [0.717, 1.165) is 24.3 Å². The van der Waals surface area contributed by atoms with E-state index in [-0.39, 0.29) is 24.0 Å². The number of rotatable bonds is 14. The highest BCUT2D eigenvalue weighted by atomic mass is 19.4. The Balaban J connectivity index is 0.000000221. The fourth-order valence-corrected chi connectivity index (χ4v) is 9.17. The van der Waals surface area contributed by atoms with E-state index in [1.54, 1.807) is 84.9 Å². The molecular formula is C54H42F14N4O4. The molecule has 2 aliphatic rings. The molecule has 0 amide bonds. The number of nitrogens with zero attached hydrogens (tertiary/aromatic N) is 4. The second-order valence-electron chi connectivity index (χ2n) is 17.6. The standard InChI is InChI=1S/2C27H21F7N2O2/c2*28-25(29)27(33,34)38-19-7-2-6-18(13-19)22-11-10-21-20(17-5-1-4-16(12-17)14-35)8-3-9-23(21)36(22)15-24(37)26(30,31)32/h2*1-9,12-13,22,24-25,37H,10-11,15H2. The SMILES string of the molecule is N#Cc1cccc(-c2cccc3c2CCC(c2cccc(OC(F)(F)C(F)F)c2)N3CC(O)C(F)(F)F)c1.N#Cc1cccc(-c2cccc3c2CCC(c2cccc(OC(F)(F)C(F)F)c2)N3CC(O)C(F)(F)F)c1. The van der Waals surface area contributed by atoms with Crippen LogP contribution in [-0.4, -0.2) is 72.9 Å². The molecule has 0 spiro atoms. The summed E-state index contributed by atoms with van der Waals surface area (Å²) < 4.78 is 193. The molecule has 0 fully saturated rings. The fourth-order valence-electron chi connectivity index (χ4n) is 9.17. The lowest BCUT2D eigenvalue weighted by Gasteiger charge is -2.41. The van der Waals surface area contributed by atoms with Crippen molar-refractivity contribution in [1.29, 1.82) is 10.5 Å². The third-order valence-corrected chi connectivity index (χ3v) is 12.6. The van der Waals surface area contributed by atoms with Gasteiger partial charge in [0.25, 0.3) is 0 Å². The molecule has 0 bridgehead atoms. The van der Waals surface area contributed by atoms with E-state index in [0.29, 0.717) is 68.7 Å². The number of benzene rings is 6. The van der Waals surface area contributed by atoms with Crippen molar-refractivity contribution in [2.45, 2.75) is 87.4 Å². The van der Waals surface area contributed by atoms with Gasteiger partial charge in [-0.15, -0.1) is 0 Å². The van der Waals surface area contributed by atoms with Crippen LogP contribution in [0.15, 0.2) is 133 Å². The molecular weight excluding hydrogens is 1030 g/mol. The minimum atomic E-state index is -4.93. The van der Waals surface area contributed by atoms with Crippen LogP contribution >= 0.6 is 0 Å². The maximum atomic E-state index is 13.5. The molecule has 400 valence electrons. The molecule has 4 atom stereocenters. The number of ether oxygens (including phenoxy) is 2. The van der Waals surface area contributed by atoms with Crippen LogP contribution in [0.1, 0.15) is 58.3 Å². The smallest absolute Gasteiger partial charge is 0.428 e. The molecule has 8 rings (SSSR count). The largest absolute Gasteiger partial charge is 0.461 e. The number of hydrogen-bond donors (Lipinski definition) is 2. The first-order chi connectivity index (χ1) is 35.8. The number of hydrogen-bond acceptors (Lipinski definition) is 8. The van der Waals surface area contributed by atoms with Crippen LogP contribution in [0.25, 0.3) is 22.3 Å². The molecule has 0 saturated heterocycles. The average Bonchev–Trinajstić information content (AvgIpc) is 3.42. The molecule has 4 unspecified atom stereocenters. The Morgan fingerprint density at radius 2 is 0.855 bits per heavy atom. The molecule has 8 nitrogen and oxygen atoms in total. The summed E-state index contributed by atoms with van der Waals surface area (Å²) in [6, 6.07) is 35.7.